The first-order valence-corrected chi connectivity index (χ1v) is 16.4. The van der Waals surface area contributed by atoms with E-state index >= 15 is 4.39 Å². The molecule has 3 fully saturated rings. The molecule has 1 N–H and O–H groups in total. The summed E-state index contributed by atoms with van der Waals surface area (Å²) in [5.41, 5.74) is -0.769. The number of anilines is 1. The van der Waals surface area contributed by atoms with Crippen molar-refractivity contribution in [2.45, 2.75) is 49.4 Å². The molecule has 0 spiro atoms. The second kappa shape index (κ2) is 12.2. The van der Waals surface area contributed by atoms with E-state index in [1.165, 1.54) is 6.20 Å². The van der Waals surface area contributed by atoms with Crippen molar-refractivity contribution in [3.05, 3.63) is 34.9 Å². The predicted molar refractivity (Wildman–Crippen MR) is 168 cm³/mol. The van der Waals surface area contributed by atoms with Crippen LogP contribution in [-0.2, 0) is 20.6 Å². The summed E-state index contributed by atoms with van der Waals surface area (Å²) < 4.78 is 69.2. The minimum atomic E-state index is -1.74. The number of H-pyrrole nitrogens is 1. The van der Waals surface area contributed by atoms with E-state index in [-0.39, 0.29) is 74.4 Å². The minimum absolute atomic E-state index is 0.0108. The minimum Gasteiger partial charge on any atom is -0.461 e. The lowest BCUT2D eigenvalue weighted by Crippen LogP contribution is -2.50. The van der Waals surface area contributed by atoms with Crippen LogP contribution in [-0.4, -0.2) is 113 Å². The molecule has 0 aliphatic carbocycles. The molecule has 16 heteroatoms. The van der Waals surface area contributed by atoms with Gasteiger partial charge in [0.15, 0.2) is 11.4 Å². The fraction of sp³-hybridized carbons (Fsp3) is 0.531. The molecule has 48 heavy (non-hydrogen) atoms. The van der Waals surface area contributed by atoms with Crippen molar-refractivity contribution in [1.29, 1.82) is 0 Å². The summed E-state index contributed by atoms with van der Waals surface area (Å²) in [5.74, 6) is -0.550. The maximum atomic E-state index is 17.0. The lowest BCUT2D eigenvalue weighted by atomic mass is 9.95. The lowest BCUT2D eigenvalue weighted by molar-refractivity contribution is -0.0779. The number of pyridine rings is 1. The Bertz CT molecular complexity index is 1900. The van der Waals surface area contributed by atoms with Gasteiger partial charge in [-0.2, -0.15) is 15.1 Å². The quantitative estimate of drug-likeness (QED) is 0.293. The molecule has 5 aliphatic rings. The molecule has 3 saturated heterocycles. The third-order valence-electron chi connectivity index (χ3n) is 9.89. The largest absolute Gasteiger partial charge is 0.509 e. The smallest absolute Gasteiger partial charge is 0.461 e. The van der Waals surface area contributed by atoms with Gasteiger partial charge < -0.3 is 23.8 Å². The number of carbonyl (C=O) groups is 1. The van der Waals surface area contributed by atoms with Crippen molar-refractivity contribution in [3.8, 4) is 17.3 Å². The van der Waals surface area contributed by atoms with Gasteiger partial charge in [0.05, 0.1) is 49.0 Å². The number of ether oxygens (including phenoxy) is 4. The number of carbonyl (C=O) groups excluding carboxylic acids is 1. The van der Waals surface area contributed by atoms with Crippen molar-refractivity contribution in [1.82, 2.24) is 30.0 Å². The van der Waals surface area contributed by atoms with Gasteiger partial charge in [-0.3, -0.25) is 15.0 Å². The van der Waals surface area contributed by atoms with Gasteiger partial charge in [-0.15, -0.1) is 0 Å². The maximum Gasteiger partial charge on any atom is 0.509 e. The summed E-state index contributed by atoms with van der Waals surface area (Å²) >= 11 is 6.74. The summed E-state index contributed by atoms with van der Waals surface area (Å²) in [6.45, 7) is -0.00235. The third kappa shape index (κ3) is 5.35. The number of aromatic nitrogens is 5. The fourth-order valence-corrected chi connectivity index (χ4v) is 7.93. The predicted octanol–water partition coefficient (Wildman–Crippen LogP) is 4.96. The van der Waals surface area contributed by atoms with Crippen molar-refractivity contribution in [3.63, 3.8) is 0 Å². The summed E-state index contributed by atoms with van der Waals surface area (Å²) in [6, 6.07) is 1.57. The number of aromatic amines is 1. The zero-order valence-electron chi connectivity index (χ0n) is 25.9. The molecule has 254 valence electrons. The number of alkyl halides is 2. The highest BCUT2D eigenvalue weighted by Crippen LogP contribution is 2.42. The molecule has 1 aromatic carbocycles. The molecule has 5 aliphatic heterocycles. The zero-order valence-corrected chi connectivity index (χ0v) is 26.7. The normalized spacial score (nSPS) is 26.5. The molecule has 0 saturated carbocycles. The Balaban J connectivity index is 1.31. The van der Waals surface area contributed by atoms with Crippen molar-refractivity contribution in [2.24, 2.45) is 0 Å². The Labute approximate surface area is 277 Å². The molecule has 3 aromatic heterocycles. The number of halogens is 4. The van der Waals surface area contributed by atoms with Gasteiger partial charge in [-0.1, -0.05) is 11.6 Å². The summed E-state index contributed by atoms with van der Waals surface area (Å²) in [7, 11) is 0. The highest BCUT2D eigenvalue weighted by atomic mass is 35.5. The first kappa shape index (κ1) is 31.3. The average Bonchev–Trinajstić information content (AvgIpc) is 3.72. The Hall–Kier alpha value is -3.95. The number of nitrogens with zero attached hydrogens (tertiary/aromatic N) is 6. The highest BCUT2D eigenvalue weighted by molar-refractivity contribution is 6.33. The molecule has 0 amide bonds. The van der Waals surface area contributed by atoms with Crippen molar-refractivity contribution in [2.75, 3.05) is 64.2 Å². The SMILES string of the molecule is O=C1OCCCc2c(Cl)cc3[nH]ncc3c2-c2ncc3c(nc(OC[C@@]45CCCN4C[C@H](F)C5)nc3c2F)N2CCOCC(CF)(C2)O1. The van der Waals surface area contributed by atoms with Gasteiger partial charge in [0.1, 0.15) is 36.5 Å². The van der Waals surface area contributed by atoms with Crippen molar-refractivity contribution >= 4 is 45.4 Å². The van der Waals surface area contributed by atoms with E-state index in [1.54, 1.807) is 17.2 Å². The van der Waals surface area contributed by atoms with E-state index in [4.69, 9.17) is 30.5 Å². The van der Waals surface area contributed by atoms with E-state index in [1.807, 2.05) is 0 Å². The standard InChI is InChI=1S/C32H33ClF3N7O5/c33-22-9-23-20(12-38-41-23)24-19(22)3-1-7-46-30(44)48-32(14-34)15-42(6-8-45-17-32)28-21-11-37-27(24)25(36)26(21)39-29(40-28)47-16-31-4-2-5-43(31)13-18(35)10-31/h9,11-12,18H,1-8,10,13-17H2,(H,38,41)/t18-,31+,32?/m1/s1. The third-order valence-corrected chi connectivity index (χ3v) is 10.2. The van der Waals surface area contributed by atoms with Gasteiger partial charge in [0, 0.05) is 41.7 Å². The van der Waals surface area contributed by atoms with Crippen LogP contribution in [0, 0.1) is 5.82 Å². The topological polar surface area (TPSA) is 128 Å². The molecule has 1 unspecified atom stereocenters. The molecule has 8 heterocycles. The Morgan fingerprint density at radius 3 is 2.94 bits per heavy atom. The Morgan fingerprint density at radius 2 is 2.06 bits per heavy atom. The first-order chi connectivity index (χ1) is 23.3. The van der Waals surface area contributed by atoms with E-state index in [0.29, 0.717) is 46.4 Å². The Morgan fingerprint density at radius 1 is 1.17 bits per heavy atom. The lowest BCUT2D eigenvalue weighted by Gasteiger charge is -2.33. The van der Waals surface area contributed by atoms with Gasteiger partial charge in [0.25, 0.3) is 0 Å². The van der Waals surface area contributed by atoms with Crippen LogP contribution in [0.15, 0.2) is 18.5 Å². The fourth-order valence-electron chi connectivity index (χ4n) is 7.63. The molecular weight excluding hydrogens is 655 g/mol. The van der Waals surface area contributed by atoms with Gasteiger partial charge in [0.2, 0.25) is 0 Å². The van der Waals surface area contributed by atoms with Gasteiger partial charge >= 0.3 is 12.2 Å². The van der Waals surface area contributed by atoms with Crippen LogP contribution in [0.25, 0.3) is 33.1 Å². The second-order valence-electron chi connectivity index (χ2n) is 13.0. The molecule has 0 radical (unpaired) electrons. The summed E-state index contributed by atoms with van der Waals surface area (Å²) in [6.07, 6.45) is 3.60. The number of nitrogens with one attached hydrogen (secondary N) is 1. The van der Waals surface area contributed by atoms with Crippen LogP contribution in [0.3, 0.4) is 0 Å². The Kier molecular flexibility index (Phi) is 7.95. The van der Waals surface area contributed by atoms with Crippen molar-refractivity contribution < 1.29 is 36.9 Å². The number of hydrogen-bond acceptors (Lipinski definition) is 11. The van der Waals surface area contributed by atoms with Gasteiger partial charge in [-0.05, 0) is 43.9 Å². The van der Waals surface area contributed by atoms with E-state index in [2.05, 4.69) is 30.0 Å². The zero-order chi connectivity index (χ0) is 33.0. The highest BCUT2D eigenvalue weighted by Gasteiger charge is 2.49. The number of rotatable bonds is 4. The van der Waals surface area contributed by atoms with Crippen LogP contribution in [0.4, 0.5) is 23.8 Å². The number of fused-ring (bicyclic) bond motifs is 8. The maximum absolute atomic E-state index is 17.0. The van der Waals surface area contributed by atoms with Crippen LogP contribution < -0.4 is 9.64 Å². The summed E-state index contributed by atoms with van der Waals surface area (Å²) in [4.78, 5) is 30.4. The number of hydrogen-bond donors (Lipinski definition) is 1. The van der Waals surface area contributed by atoms with E-state index in [9.17, 15) is 13.6 Å². The number of benzene rings is 1. The first-order valence-electron chi connectivity index (χ1n) is 16.1. The molecule has 12 nitrogen and oxygen atoms in total. The van der Waals surface area contributed by atoms with E-state index in [0.717, 1.165) is 19.4 Å². The van der Waals surface area contributed by atoms with Crippen LogP contribution >= 0.6 is 11.6 Å². The van der Waals surface area contributed by atoms with Crippen LogP contribution in [0.5, 0.6) is 6.01 Å². The molecule has 6 bridgehead atoms. The van der Waals surface area contributed by atoms with Crippen LogP contribution in [0.2, 0.25) is 5.02 Å². The molecular formula is C32H33ClF3N7O5. The molecule has 9 rings (SSSR count). The van der Waals surface area contributed by atoms with Crippen LogP contribution in [0.1, 0.15) is 31.2 Å². The van der Waals surface area contributed by atoms with Gasteiger partial charge in [-0.25, -0.2) is 18.0 Å². The monoisotopic (exact) mass is 687 g/mol. The average molecular weight is 688 g/mol. The summed E-state index contributed by atoms with van der Waals surface area (Å²) in [5, 5.41) is 8.19. The molecule has 4 aromatic rings. The second-order valence-corrected chi connectivity index (χ2v) is 13.4. The molecule has 3 atom stereocenters. The van der Waals surface area contributed by atoms with E-state index < -0.39 is 36.0 Å².